The molecule has 5 heteroatoms. The summed E-state index contributed by atoms with van der Waals surface area (Å²) in [5.74, 6) is 2.07. The summed E-state index contributed by atoms with van der Waals surface area (Å²) < 4.78 is 8.07. The predicted octanol–water partition coefficient (Wildman–Crippen LogP) is 7.49. The summed E-state index contributed by atoms with van der Waals surface area (Å²) in [5.41, 5.74) is 7.49. The fraction of sp³-hybridized carbons (Fsp3) is 0.242. The van der Waals surface area contributed by atoms with E-state index in [1.54, 1.807) is 6.20 Å². The molecule has 1 atom stereocenters. The Morgan fingerprint density at radius 2 is 1.42 bits per heavy atom. The van der Waals surface area contributed by atoms with Crippen LogP contribution in [0.15, 0.2) is 97.2 Å². The van der Waals surface area contributed by atoms with Crippen molar-refractivity contribution < 1.29 is 4.74 Å². The van der Waals surface area contributed by atoms with E-state index in [1.807, 2.05) is 30.3 Å². The van der Waals surface area contributed by atoms with Gasteiger partial charge in [-0.3, -0.25) is 4.98 Å². The van der Waals surface area contributed by atoms with Gasteiger partial charge in [0, 0.05) is 28.6 Å². The van der Waals surface area contributed by atoms with Crippen LogP contribution in [0.25, 0.3) is 17.1 Å². The van der Waals surface area contributed by atoms with Crippen molar-refractivity contribution in [3.8, 4) is 22.8 Å². The minimum absolute atomic E-state index is 0.156. The Labute approximate surface area is 225 Å². The summed E-state index contributed by atoms with van der Waals surface area (Å²) in [6.45, 7) is 11.5. The minimum Gasteiger partial charge on any atom is -0.487 e. The molecular weight excluding hydrogens is 468 g/mol. The molecule has 0 aliphatic carbocycles. The number of aromatic nitrogens is 4. The molecule has 0 aliphatic heterocycles. The Balaban J connectivity index is 1.35. The summed E-state index contributed by atoms with van der Waals surface area (Å²) in [4.78, 5) is 4.33. The summed E-state index contributed by atoms with van der Waals surface area (Å²) in [6.07, 6.45) is 1.79. The van der Waals surface area contributed by atoms with Gasteiger partial charge in [-0.15, -0.1) is 10.2 Å². The zero-order valence-corrected chi connectivity index (χ0v) is 22.7. The first-order valence-corrected chi connectivity index (χ1v) is 13.1. The van der Waals surface area contributed by atoms with E-state index in [0.717, 1.165) is 39.9 Å². The molecule has 192 valence electrons. The van der Waals surface area contributed by atoms with Crippen molar-refractivity contribution in [1.29, 1.82) is 0 Å². The number of ether oxygens (including phenoxy) is 1. The number of aryl methyl sites for hydroxylation is 2. The maximum atomic E-state index is 5.96. The topological polar surface area (TPSA) is 52.8 Å². The molecule has 0 fully saturated rings. The highest BCUT2D eigenvalue weighted by molar-refractivity contribution is 5.60. The zero-order valence-electron chi connectivity index (χ0n) is 22.7. The largest absolute Gasteiger partial charge is 0.487 e. The Morgan fingerprint density at radius 3 is 1.97 bits per heavy atom. The summed E-state index contributed by atoms with van der Waals surface area (Å²) in [6, 6.07) is 31.3. The number of nitrogens with zero attached hydrogens (tertiary/aromatic N) is 4. The Hall–Kier alpha value is -4.25. The molecule has 0 amide bonds. The van der Waals surface area contributed by atoms with Crippen LogP contribution < -0.4 is 4.74 Å². The highest BCUT2D eigenvalue weighted by Crippen LogP contribution is 2.40. The molecule has 0 spiro atoms. The van der Waals surface area contributed by atoms with Crippen LogP contribution in [0.3, 0.4) is 0 Å². The molecule has 2 aromatic carbocycles. The van der Waals surface area contributed by atoms with Crippen molar-refractivity contribution in [1.82, 2.24) is 19.7 Å². The van der Waals surface area contributed by atoms with Gasteiger partial charge >= 0.3 is 0 Å². The first-order chi connectivity index (χ1) is 18.4. The first-order valence-electron chi connectivity index (χ1n) is 13.1. The second kappa shape index (κ2) is 10.6. The standard InChI is InChI=1S/C33H34N4O/c1-23(2)33(5,28-15-17-30(18-16-28)38-22-29-8-6-7-21-34-29)27-13-11-26(12-14-27)31-19-20-32(36-35-31)37-24(3)9-10-25(37)4/h6-21,23H,22H2,1-5H3. The molecule has 0 bridgehead atoms. The predicted molar refractivity (Wildman–Crippen MR) is 153 cm³/mol. The van der Waals surface area contributed by atoms with E-state index < -0.39 is 0 Å². The third-order valence-electron chi connectivity index (χ3n) is 7.65. The highest BCUT2D eigenvalue weighted by Gasteiger charge is 2.32. The lowest BCUT2D eigenvalue weighted by Crippen LogP contribution is -2.30. The molecule has 0 saturated heterocycles. The maximum Gasteiger partial charge on any atom is 0.159 e. The Morgan fingerprint density at radius 1 is 0.763 bits per heavy atom. The lowest BCUT2D eigenvalue weighted by molar-refractivity contribution is 0.301. The number of rotatable bonds is 8. The molecule has 3 aromatic heterocycles. The average Bonchev–Trinajstić information content (AvgIpc) is 3.29. The normalized spacial score (nSPS) is 12.9. The summed E-state index contributed by atoms with van der Waals surface area (Å²) in [7, 11) is 0. The summed E-state index contributed by atoms with van der Waals surface area (Å²) >= 11 is 0. The van der Waals surface area contributed by atoms with Crippen LogP contribution in [0.1, 0.15) is 49.0 Å². The molecule has 3 heterocycles. The van der Waals surface area contributed by atoms with Gasteiger partial charge in [-0.05, 0) is 79.4 Å². The molecule has 5 rings (SSSR count). The Kier molecular flexibility index (Phi) is 7.10. The van der Waals surface area contributed by atoms with E-state index in [0.29, 0.717) is 12.5 Å². The average molecular weight is 503 g/mol. The lowest BCUT2D eigenvalue weighted by atomic mass is 9.68. The van der Waals surface area contributed by atoms with Crippen LogP contribution >= 0.6 is 0 Å². The fourth-order valence-corrected chi connectivity index (χ4v) is 4.99. The van der Waals surface area contributed by atoms with E-state index in [9.17, 15) is 0 Å². The maximum absolute atomic E-state index is 5.96. The zero-order chi connectivity index (χ0) is 26.7. The second-order valence-electron chi connectivity index (χ2n) is 10.3. The van der Waals surface area contributed by atoms with Crippen molar-refractivity contribution in [2.75, 3.05) is 0 Å². The smallest absolute Gasteiger partial charge is 0.159 e. The van der Waals surface area contributed by atoms with Gasteiger partial charge in [-0.1, -0.05) is 63.2 Å². The van der Waals surface area contributed by atoms with Crippen LogP contribution in [0.4, 0.5) is 0 Å². The van der Waals surface area contributed by atoms with Gasteiger partial charge in [0.05, 0.1) is 11.4 Å². The molecule has 0 saturated carbocycles. The summed E-state index contributed by atoms with van der Waals surface area (Å²) in [5, 5.41) is 9.04. The molecule has 5 nitrogen and oxygen atoms in total. The molecule has 38 heavy (non-hydrogen) atoms. The van der Waals surface area contributed by atoms with Gasteiger partial charge < -0.3 is 9.30 Å². The first kappa shape index (κ1) is 25.4. The van der Waals surface area contributed by atoms with Crippen LogP contribution in [-0.2, 0) is 12.0 Å². The quantitative estimate of drug-likeness (QED) is 0.221. The van der Waals surface area contributed by atoms with Gasteiger partial charge in [-0.25, -0.2) is 0 Å². The third-order valence-corrected chi connectivity index (χ3v) is 7.65. The van der Waals surface area contributed by atoms with Crippen molar-refractivity contribution >= 4 is 0 Å². The molecule has 0 radical (unpaired) electrons. The van der Waals surface area contributed by atoms with Gasteiger partial charge in [-0.2, -0.15) is 0 Å². The van der Waals surface area contributed by atoms with Crippen LogP contribution in [0, 0.1) is 19.8 Å². The molecule has 1 unspecified atom stereocenters. The number of hydrogen-bond donors (Lipinski definition) is 0. The third kappa shape index (κ3) is 4.97. The van der Waals surface area contributed by atoms with E-state index in [2.05, 4.69) is 115 Å². The van der Waals surface area contributed by atoms with Gasteiger partial charge in [0.15, 0.2) is 5.82 Å². The minimum atomic E-state index is -0.156. The van der Waals surface area contributed by atoms with E-state index >= 15 is 0 Å². The molecule has 0 N–H and O–H groups in total. The van der Waals surface area contributed by atoms with Crippen molar-refractivity contribution in [3.63, 3.8) is 0 Å². The number of pyridine rings is 1. The lowest BCUT2D eigenvalue weighted by Gasteiger charge is -2.35. The molecule has 0 aliphatic rings. The van der Waals surface area contributed by atoms with Crippen LogP contribution in [0.2, 0.25) is 0 Å². The molecular formula is C33H34N4O. The van der Waals surface area contributed by atoms with Crippen LogP contribution in [-0.4, -0.2) is 19.7 Å². The van der Waals surface area contributed by atoms with E-state index in [4.69, 9.17) is 4.74 Å². The van der Waals surface area contributed by atoms with Crippen molar-refractivity contribution in [2.45, 2.75) is 46.6 Å². The highest BCUT2D eigenvalue weighted by atomic mass is 16.5. The number of hydrogen-bond acceptors (Lipinski definition) is 4. The SMILES string of the molecule is Cc1ccc(C)n1-c1ccc(-c2ccc(C(C)(c3ccc(OCc4ccccn4)cc3)C(C)C)cc2)nn1. The monoisotopic (exact) mass is 502 g/mol. The number of benzene rings is 2. The van der Waals surface area contributed by atoms with Gasteiger partial charge in [0.1, 0.15) is 12.4 Å². The van der Waals surface area contributed by atoms with E-state index in [1.165, 1.54) is 11.1 Å². The van der Waals surface area contributed by atoms with E-state index in [-0.39, 0.29) is 5.41 Å². The van der Waals surface area contributed by atoms with Crippen LogP contribution in [0.5, 0.6) is 5.75 Å². The second-order valence-corrected chi connectivity index (χ2v) is 10.3. The molecule has 5 aromatic rings. The fourth-order valence-electron chi connectivity index (χ4n) is 4.99. The van der Waals surface area contributed by atoms with Crippen molar-refractivity contribution in [2.24, 2.45) is 5.92 Å². The van der Waals surface area contributed by atoms with Gasteiger partial charge in [0.25, 0.3) is 0 Å². The Bertz CT molecular complexity index is 1470. The van der Waals surface area contributed by atoms with Crippen molar-refractivity contribution in [3.05, 3.63) is 125 Å². The van der Waals surface area contributed by atoms with Gasteiger partial charge in [0.2, 0.25) is 0 Å².